The van der Waals surface area contributed by atoms with Crippen LogP contribution in [-0.4, -0.2) is 36.1 Å². The Bertz CT molecular complexity index is 1640. The van der Waals surface area contributed by atoms with Gasteiger partial charge in [-0.3, -0.25) is 15.0 Å². The third-order valence-electron chi connectivity index (χ3n) is 9.23. The van der Waals surface area contributed by atoms with Crippen LogP contribution >= 0.6 is 0 Å². The van der Waals surface area contributed by atoms with Crippen LogP contribution in [0.4, 0.5) is 10.5 Å². The number of nitrogens with zero attached hydrogens (tertiary/aromatic N) is 1. The monoisotopic (exact) mass is 632 g/mol. The second kappa shape index (κ2) is 15.8. The van der Waals surface area contributed by atoms with E-state index in [0.717, 1.165) is 54.6 Å². The Morgan fingerprint density at radius 3 is 2.36 bits per heavy atom. The topological polar surface area (TPSA) is 77.1 Å². The molecule has 0 spiro atoms. The van der Waals surface area contributed by atoms with E-state index in [1.807, 2.05) is 91.0 Å². The van der Waals surface area contributed by atoms with E-state index in [9.17, 15) is 9.59 Å². The van der Waals surface area contributed by atoms with Crippen LogP contribution in [0.2, 0.25) is 0 Å². The van der Waals surface area contributed by atoms with Crippen molar-refractivity contribution in [1.29, 1.82) is 0 Å². The second-order valence-electron chi connectivity index (χ2n) is 12.6. The van der Waals surface area contributed by atoms with E-state index in [2.05, 4.69) is 23.2 Å². The molecule has 1 saturated heterocycles. The summed E-state index contributed by atoms with van der Waals surface area (Å²) in [6, 6.07) is 31.8. The Morgan fingerprint density at radius 2 is 1.60 bits per heavy atom. The van der Waals surface area contributed by atoms with Gasteiger partial charge in [0.25, 0.3) is 0 Å². The number of ether oxygens (including phenoxy) is 3. The highest BCUT2D eigenvalue weighted by Crippen LogP contribution is 2.43. The first kappa shape index (κ1) is 32.3. The molecule has 7 nitrogen and oxygen atoms in total. The normalized spacial score (nSPS) is 17.2. The first-order chi connectivity index (χ1) is 23.1. The van der Waals surface area contributed by atoms with E-state index < -0.39 is 6.09 Å². The van der Waals surface area contributed by atoms with Crippen LogP contribution in [0.25, 0.3) is 0 Å². The highest BCUT2D eigenvalue weighted by atomic mass is 16.6. The lowest BCUT2D eigenvalue weighted by atomic mass is 9.75. The molecule has 2 aliphatic rings. The molecule has 6 rings (SSSR count). The van der Waals surface area contributed by atoms with Crippen LogP contribution < -0.4 is 14.8 Å². The smallest absolute Gasteiger partial charge is 0.417 e. The van der Waals surface area contributed by atoms with Crippen molar-refractivity contribution >= 4 is 17.7 Å². The van der Waals surface area contributed by atoms with Crippen LogP contribution in [0.1, 0.15) is 60.4 Å². The van der Waals surface area contributed by atoms with Crippen molar-refractivity contribution in [3.8, 4) is 11.5 Å². The summed E-state index contributed by atoms with van der Waals surface area (Å²) in [5, 5.41) is 2.91. The molecule has 2 atom stereocenters. The van der Waals surface area contributed by atoms with Gasteiger partial charge in [0, 0.05) is 23.7 Å². The number of hydrogen-bond donors (Lipinski definition) is 1. The summed E-state index contributed by atoms with van der Waals surface area (Å²) in [6.07, 6.45) is 5.51. The van der Waals surface area contributed by atoms with Crippen LogP contribution in [0.3, 0.4) is 0 Å². The molecule has 1 fully saturated rings. The lowest BCUT2D eigenvalue weighted by molar-refractivity contribution is -0.144. The zero-order chi connectivity index (χ0) is 32.4. The Labute approximate surface area is 277 Å². The van der Waals surface area contributed by atoms with Crippen molar-refractivity contribution in [3.05, 3.63) is 125 Å². The van der Waals surface area contributed by atoms with Gasteiger partial charge in [0.15, 0.2) is 11.5 Å². The van der Waals surface area contributed by atoms with Crippen molar-refractivity contribution in [2.75, 3.05) is 18.4 Å². The van der Waals surface area contributed by atoms with E-state index >= 15 is 0 Å². The number of carbonyl (C=O) groups excluding carboxylic acids is 2. The van der Waals surface area contributed by atoms with Crippen LogP contribution in [0.15, 0.2) is 97.1 Å². The number of piperidine rings is 1. The first-order valence-electron chi connectivity index (χ1n) is 16.9. The minimum atomic E-state index is -0.569. The first-order valence-corrected chi connectivity index (χ1v) is 16.9. The van der Waals surface area contributed by atoms with Gasteiger partial charge in [-0.1, -0.05) is 85.8 Å². The molecule has 4 aromatic rings. The summed E-state index contributed by atoms with van der Waals surface area (Å²) in [5.41, 5.74) is 5.82. The van der Waals surface area contributed by atoms with Crippen LogP contribution in [0, 0.1) is 5.92 Å². The maximum atomic E-state index is 13.4. The average Bonchev–Trinajstić information content (AvgIpc) is 3.10. The van der Waals surface area contributed by atoms with Crippen LogP contribution in [-0.2, 0) is 42.0 Å². The van der Waals surface area contributed by atoms with Gasteiger partial charge in [-0.05, 0) is 98.0 Å². The highest BCUT2D eigenvalue weighted by molar-refractivity contribution is 5.87. The largest absolute Gasteiger partial charge is 0.485 e. The lowest BCUT2D eigenvalue weighted by Gasteiger charge is -2.45. The van der Waals surface area contributed by atoms with Gasteiger partial charge in [-0.2, -0.15) is 0 Å². The maximum Gasteiger partial charge on any atom is 0.417 e. The Kier molecular flexibility index (Phi) is 10.9. The minimum Gasteiger partial charge on any atom is -0.485 e. The van der Waals surface area contributed by atoms with Gasteiger partial charge < -0.3 is 14.2 Å². The number of rotatable bonds is 12. The predicted octanol–water partition coefficient (Wildman–Crippen LogP) is 8.14. The SMILES string of the molecule is CCCN1CCC[C@@H]2Cc3c(ccc(OCc4ccccc4)c3OC(=O)Nc3cccc(CCC(=O)OCc4ccccc4)c3)CC21. The zero-order valence-electron chi connectivity index (χ0n) is 27.2. The summed E-state index contributed by atoms with van der Waals surface area (Å²) in [6.45, 7) is 5.16. The molecule has 7 heteroatoms. The summed E-state index contributed by atoms with van der Waals surface area (Å²) >= 11 is 0. The zero-order valence-corrected chi connectivity index (χ0v) is 27.2. The fourth-order valence-electron chi connectivity index (χ4n) is 6.92. The molecule has 1 aliphatic heterocycles. The molecule has 1 aliphatic carbocycles. The van der Waals surface area contributed by atoms with Gasteiger partial charge in [0.05, 0.1) is 0 Å². The molecule has 1 unspecified atom stereocenters. The van der Waals surface area contributed by atoms with Gasteiger partial charge in [0.2, 0.25) is 0 Å². The Hall–Kier alpha value is -4.62. The number of carbonyl (C=O) groups is 2. The van der Waals surface area contributed by atoms with E-state index in [1.54, 1.807) is 0 Å². The number of fused-ring (bicyclic) bond motifs is 2. The number of esters is 1. The summed E-state index contributed by atoms with van der Waals surface area (Å²) in [4.78, 5) is 28.5. The molecule has 0 saturated carbocycles. The van der Waals surface area contributed by atoms with Gasteiger partial charge in [0.1, 0.15) is 13.2 Å². The lowest BCUT2D eigenvalue weighted by Crippen LogP contribution is -2.49. The van der Waals surface area contributed by atoms with Gasteiger partial charge in [-0.25, -0.2) is 4.79 Å². The molecule has 47 heavy (non-hydrogen) atoms. The number of benzene rings is 4. The predicted molar refractivity (Wildman–Crippen MR) is 184 cm³/mol. The number of aryl methyl sites for hydroxylation is 1. The van der Waals surface area contributed by atoms with Crippen molar-refractivity contribution < 1.29 is 23.8 Å². The van der Waals surface area contributed by atoms with E-state index in [1.165, 1.54) is 18.4 Å². The molecule has 4 aromatic carbocycles. The van der Waals surface area contributed by atoms with Crippen molar-refractivity contribution in [1.82, 2.24) is 4.90 Å². The molecule has 244 valence electrons. The van der Waals surface area contributed by atoms with Crippen molar-refractivity contribution in [3.63, 3.8) is 0 Å². The molecule has 0 radical (unpaired) electrons. The number of likely N-dealkylation sites (tertiary alicyclic amines) is 1. The van der Waals surface area contributed by atoms with Crippen molar-refractivity contribution in [2.24, 2.45) is 5.92 Å². The fourth-order valence-corrected chi connectivity index (χ4v) is 6.92. The quantitative estimate of drug-likeness (QED) is 0.159. The molecule has 1 amide bonds. The summed E-state index contributed by atoms with van der Waals surface area (Å²) < 4.78 is 17.9. The molecular formula is C40H44N2O5. The summed E-state index contributed by atoms with van der Waals surface area (Å²) in [7, 11) is 0. The average molecular weight is 633 g/mol. The Balaban J connectivity index is 1.14. The van der Waals surface area contributed by atoms with Crippen molar-refractivity contribution in [2.45, 2.75) is 71.1 Å². The third-order valence-corrected chi connectivity index (χ3v) is 9.23. The molecule has 1 heterocycles. The van der Waals surface area contributed by atoms with Gasteiger partial charge in [-0.15, -0.1) is 0 Å². The second-order valence-corrected chi connectivity index (χ2v) is 12.6. The highest BCUT2D eigenvalue weighted by Gasteiger charge is 2.37. The maximum absolute atomic E-state index is 13.4. The number of hydrogen-bond acceptors (Lipinski definition) is 6. The number of anilines is 1. The number of nitrogens with one attached hydrogen (secondary N) is 1. The fraction of sp³-hybridized carbons (Fsp3) is 0.350. The molecule has 1 N–H and O–H groups in total. The van der Waals surface area contributed by atoms with Gasteiger partial charge >= 0.3 is 12.1 Å². The number of amides is 1. The molecule has 0 bridgehead atoms. The standard InChI is InChI=1S/C40H44N2O5/c1-2-22-42-23-10-16-33-25-35-32(26-36(33)42)19-20-37(45-27-30-11-5-3-6-12-30)39(35)47-40(44)41-34-17-9-15-29(24-34)18-21-38(43)46-28-31-13-7-4-8-14-31/h3-9,11-15,17,19-20,24,33,36H,2,10,16,18,21-23,25-28H2,1H3,(H,41,44)/t33-,36?/m1/s1. The van der Waals surface area contributed by atoms with Crippen LogP contribution in [0.5, 0.6) is 11.5 Å². The summed E-state index contributed by atoms with van der Waals surface area (Å²) in [5.74, 6) is 1.35. The van der Waals surface area contributed by atoms with E-state index in [0.29, 0.717) is 42.2 Å². The minimum absolute atomic E-state index is 0.247. The molecular weight excluding hydrogens is 588 g/mol. The Morgan fingerprint density at radius 1 is 0.851 bits per heavy atom. The third kappa shape index (κ3) is 8.60. The van der Waals surface area contributed by atoms with E-state index in [-0.39, 0.29) is 19.0 Å². The van der Waals surface area contributed by atoms with E-state index in [4.69, 9.17) is 14.2 Å². The molecule has 0 aromatic heterocycles.